The Hall–Kier alpha value is -2.16. The molecule has 0 bridgehead atoms. The van der Waals surface area contributed by atoms with Crippen LogP contribution in [0.3, 0.4) is 0 Å². The predicted octanol–water partition coefficient (Wildman–Crippen LogP) is 4.29. The minimum atomic E-state index is -4.05. The van der Waals surface area contributed by atoms with Crippen molar-refractivity contribution in [2.24, 2.45) is 0 Å². The van der Waals surface area contributed by atoms with Crippen LogP contribution in [0.1, 0.15) is 24.2 Å². The summed E-state index contributed by atoms with van der Waals surface area (Å²) in [5.74, 6) is 0.218. The summed E-state index contributed by atoms with van der Waals surface area (Å²) in [6.45, 7) is 4.61. The normalized spacial score (nSPS) is 11.1. The maximum atomic E-state index is 12.9. The lowest BCUT2D eigenvalue weighted by atomic mass is 10.2. The van der Waals surface area contributed by atoms with Gasteiger partial charge in [-0.1, -0.05) is 23.2 Å². The molecule has 0 aliphatic rings. The number of halogens is 2. The van der Waals surface area contributed by atoms with Crippen LogP contribution in [0.2, 0.25) is 10.0 Å². The fraction of sp³-hybridized carbons (Fsp3) is 0.316. The fourth-order valence-corrected chi connectivity index (χ4v) is 4.19. The van der Waals surface area contributed by atoms with Gasteiger partial charge in [-0.3, -0.25) is 9.52 Å². The Labute approximate surface area is 180 Å². The number of ether oxygens (including phenoxy) is 2. The van der Waals surface area contributed by atoms with E-state index in [1.165, 1.54) is 44.6 Å². The summed E-state index contributed by atoms with van der Waals surface area (Å²) in [4.78, 5) is 14.1. The van der Waals surface area contributed by atoms with E-state index in [1.54, 1.807) is 4.90 Å². The van der Waals surface area contributed by atoms with Crippen molar-refractivity contribution in [1.82, 2.24) is 4.90 Å². The van der Waals surface area contributed by atoms with Crippen molar-refractivity contribution < 1.29 is 22.7 Å². The number of hydrogen-bond donors (Lipinski definition) is 1. The van der Waals surface area contributed by atoms with Crippen LogP contribution in [0, 0.1) is 0 Å². The molecular formula is C19H22Cl2N2O5S. The molecule has 0 unspecified atom stereocenters. The van der Waals surface area contributed by atoms with Gasteiger partial charge in [0.2, 0.25) is 0 Å². The van der Waals surface area contributed by atoms with Crippen molar-refractivity contribution in [1.29, 1.82) is 0 Å². The van der Waals surface area contributed by atoms with Gasteiger partial charge < -0.3 is 14.4 Å². The Kier molecular flexibility index (Phi) is 7.62. The molecule has 7 nitrogen and oxygen atoms in total. The van der Waals surface area contributed by atoms with Gasteiger partial charge in [0.05, 0.1) is 40.4 Å². The quantitative estimate of drug-likeness (QED) is 0.634. The van der Waals surface area contributed by atoms with Crippen LogP contribution in [0.25, 0.3) is 0 Å². The van der Waals surface area contributed by atoms with Gasteiger partial charge in [-0.25, -0.2) is 8.42 Å². The highest BCUT2D eigenvalue weighted by atomic mass is 35.5. The molecule has 0 radical (unpaired) electrons. The average Bonchev–Trinajstić information content (AvgIpc) is 2.69. The third-order valence-corrected chi connectivity index (χ3v) is 6.24. The van der Waals surface area contributed by atoms with E-state index in [-0.39, 0.29) is 37.8 Å². The number of sulfonamides is 1. The summed E-state index contributed by atoms with van der Waals surface area (Å²) in [7, 11) is -1.22. The van der Waals surface area contributed by atoms with Crippen molar-refractivity contribution in [3.63, 3.8) is 0 Å². The highest BCUT2D eigenvalue weighted by Crippen LogP contribution is 2.37. The van der Waals surface area contributed by atoms with Crippen LogP contribution in [-0.4, -0.2) is 46.5 Å². The number of rotatable bonds is 8. The minimum Gasteiger partial charge on any atom is -0.495 e. The van der Waals surface area contributed by atoms with E-state index < -0.39 is 10.0 Å². The van der Waals surface area contributed by atoms with Gasteiger partial charge in [-0.15, -0.1) is 0 Å². The average molecular weight is 461 g/mol. The largest absolute Gasteiger partial charge is 0.495 e. The number of anilines is 1. The molecule has 0 saturated carbocycles. The molecule has 0 aromatic heterocycles. The third-order valence-electron chi connectivity index (χ3n) is 4.25. The van der Waals surface area contributed by atoms with Crippen LogP contribution >= 0.6 is 23.2 Å². The molecule has 2 aromatic rings. The van der Waals surface area contributed by atoms with E-state index in [0.717, 1.165) is 0 Å². The fourth-order valence-electron chi connectivity index (χ4n) is 2.66. The Balaban J connectivity index is 2.46. The van der Waals surface area contributed by atoms with Crippen LogP contribution in [-0.2, 0) is 10.0 Å². The summed E-state index contributed by atoms with van der Waals surface area (Å²) in [6, 6.07) is 6.81. The molecule has 0 spiro atoms. The highest BCUT2D eigenvalue weighted by molar-refractivity contribution is 7.92. The first-order valence-corrected chi connectivity index (χ1v) is 11.0. The zero-order valence-electron chi connectivity index (χ0n) is 16.5. The Bertz CT molecular complexity index is 1010. The second-order valence-electron chi connectivity index (χ2n) is 5.91. The maximum absolute atomic E-state index is 12.9. The molecular weight excluding hydrogens is 439 g/mol. The van der Waals surface area contributed by atoms with E-state index in [4.69, 9.17) is 32.7 Å². The van der Waals surface area contributed by atoms with Gasteiger partial charge in [-0.05, 0) is 38.1 Å². The number of methoxy groups -OCH3 is 2. The number of nitrogens with one attached hydrogen (secondary N) is 1. The van der Waals surface area contributed by atoms with Crippen LogP contribution in [0.5, 0.6) is 11.5 Å². The Morgan fingerprint density at radius 2 is 1.62 bits per heavy atom. The van der Waals surface area contributed by atoms with Crippen LogP contribution in [0.15, 0.2) is 35.2 Å². The topological polar surface area (TPSA) is 84.9 Å². The summed E-state index contributed by atoms with van der Waals surface area (Å²) in [5.41, 5.74) is 0.239. The zero-order chi connectivity index (χ0) is 21.8. The SMILES string of the molecule is CCN(CC)C(=O)c1cc(S(=O)(=O)Nc2cc(Cl)c(OC)cc2OC)ccc1Cl. The van der Waals surface area contributed by atoms with Crippen molar-refractivity contribution >= 4 is 44.8 Å². The first kappa shape index (κ1) is 23.1. The highest BCUT2D eigenvalue weighted by Gasteiger charge is 2.23. The van der Waals surface area contributed by atoms with Crippen molar-refractivity contribution in [2.75, 3.05) is 32.0 Å². The first-order valence-electron chi connectivity index (χ1n) is 8.71. The van der Waals surface area contributed by atoms with E-state index in [9.17, 15) is 13.2 Å². The number of carbonyl (C=O) groups excluding carboxylic acids is 1. The monoisotopic (exact) mass is 460 g/mol. The number of benzene rings is 2. The molecule has 158 valence electrons. The standard InChI is InChI=1S/C19H22Cl2N2O5S/c1-5-23(6-2)19(24)13-9-12(7-8-14(13)20)29(25,26)22-16-10-15(21)17(27-3)11-18(16)28-4/h7-11,22H,5-6H2,1-4H3. The molecule has 2 rings (SSSR count). The van der Waals surface area contributed by atoms with Gasteiger partial charge in [0.15, 0.2) is 0 Å². The minimum absolute atomic E-state index is 0.109. The van der Waals surface area contributed by atoms with E-state index in [1.807, 2.05) is 13.8 Å². The van der Waals surface area contributed by atoms with E-state index in [2.05, 4.69) is 4.72 Å². The number of nitrogens with zero attached hydrogens (tertiary/aromatic N) is 1. The molecule has 0 aliphatic carbocycles. The van der Waals surface area contributed by atoms with Gasteiger partial charge in [-0.2, -0.15) is 0 Å². The molecule has 0 fully saturated rings. The summed E-state index contributed by atoms with van der Waals surface area (Å²) in [5, 5.41) is 0.380. The summed E-state index contributed by atoms with van der Waals surface area (Å²) >= 11 is 12.3. The molecule has 1 N–H and O–H groups in total. The molecule has 0 heterocycles. The number of carbonyl (C=O) groups is 1. The lowest BCUT2D eigenvalue weighted by molar-refractivity contribution is 0.0773. The third kappa shape index (κ3) is 5.07. The summed E-state index contributed by atoms with van der Waals surface area (Å²) in [6.07, 6.45) is 0. The second kappa shape index (κ2) is 9.56. The molecule has 1 amide bonds. The maximum Gasteiger partial charge on any atom is 0.262 e. The number of hydrogen-bond acceptors (Lipinski definition) is 5. The molecule has 10 heteroatoms. The van der Waals surface area contributed by atoms with Gasteiger partial charge >= 0.3 is 0 Å². The Morgan fingerprint density at radius 1 is 1.00 bits per heavy atom. The van der Waals surface area contributed by atoms with Gasteiger partial charge in [0.25, 0.3) is 15.9 Å². The molecule has 0 atom stereocenters. The van der Waals surface area contributed by atoms with E-state index >= 15 is 0 Å². The van der Waals surface area contributed by atoms with Crippen molar-refractivity contribution in [2.45, 2.75) is 18.7 Å². The lowest BCUT2D eigenvalue weighted by Gasteiger charge is -2.20. The van der Waals surface area contributed by atoms with Crippen molar-refractivity contribution in [3.05, 3.63) is 45.9 Å². The van der Waals surface area contributed by atoms with Crippen LogP contribution in [0.4, 0.5) is 5.69 Å². The van der Waals surface area contributed by atoms with Crippen LogP contribution < -0.4 is 14.2 Å². The molecule has 29 heavy (non-hydrogen) atoms. The predicted molar refractivity (Wildman–Crippen MR) is 114 cm³/mol. The zero-order valence-corrected chi connectivity index (χ0v) is 18.8. The number of amides is 1. The smallest absolute Gasteiger partial charge is 0.262 e. The molecule has 0 aliphatic heterocycles. The van der Waals surface area contributed by atoms with Crippen molar-refractivity contribution in [3.8, 4) is 11.5 Å². The second-order valence-corrected chi connectivity index (χ2v) is 8.41. The van der Waals surface area contributed by atoms with E-state index in [0.29, 0.717) is 18.8 Å². The van der Waals surface area contributed by atoms with Gasteiger partial charge in [0, 0.05) is 19.2 Å². The van der Waals surface area contributed by atoms with Gasteiger partial charge in [0.1, 0.15) is 11.5 Å². The first-order chi connectivity index (χ1) is 13.7. The Morgan fingerprint density at radius 3 is 2.17 bits per heavy atom. The summed E-state index contributed by atoms with van der Waals surface area (Å²) < 4.78 is 38.6. The lowest BCUT2D eigenvalue weighted by Crippen LogP contribution is -2.30. The molecule has 0 saturated heterocycles. The molecule has 2 aromatic carbocycles.